The molecule has 0 unspecified atom stereocenters. The minimum atomic E-state index is -3.45. The summed E-state index contributed by atoms with van der Waals surface area (Å²) in [5.74, 6) is 0.412. The van der Waals surface area contributed by atoms with Crippen LogP contribution in [0.25, 0.3) is 0 Å². The van der Waals surface area contributed by atoms with Gasteiger partial charge in [-0.2, -0.15) is 0 Å². The first-order valence-corrected chi connectivity index (χ1v) is 9.63. The molecule has 0 aliphatic carbocycles. The van der Waals surface area contributed by atoms with Crippen molar-refractivity contribution < 1.29 is 17.9 Å². The molecule has 1 N–H and O–H groups in total. The highest BCUT2D eigenvalue weighted by Gasteiger charge is 2.19. The molecule has 0 saturated heterocycles. The number of anilines is 1. The number of benzene rings is 1. The van der Waals surface area contributed by atoms with Crippen molar-refractivity contribution >= 4 is 15.7 Å². The normalized spacial score (nSPS) is 12.1. The number of methoxy groups -OCH3 is 1. The van der Waals surface area contributed by atoms with Gasteiger partial charge >= 0.3 is 0 Å². The van der Waals surface area contributed by atoms with Gasteiger partial charge in [-0.15, -0.1) is 0 Å². The van der Waals surface area contributed by atoms with Crippen molar-refractivity contribution in [3.63, 3.8) is 0 Å². The Hall–Kier alpha value is -1.11. The summed E-state index contributed by atoms with van der Waals surface area (Å²) in [6, 6.07) is 5.93. The number of para-hydroxylation sites is 1. The maximum Gasteiger partial charge on any atom is 0.235 e. The van der Waals surface area contributed by atoms with E-state index in [0.29, 0.717) is 13.2 Å². The van der Waals surface area contributed by atoms with E-state index in [4.69, 9.17) is 9.47 Å². The SMILES string of the molecule is COCCOCCS(=O)(=O)Nc1c(C(C)C)cccc1C(C)C. The van der Waals surface area contributed by atoms with Crippen molar-refractivity contribution in [3.05, 3.63) is 29.3 Å². The summed E-state index contributed by atoms with van der Waals surface area (Å²) in [5.41, 5.74) is 2.74. The van der Waals surface area contributed by atoms with Gasteiger partial charge in [-0.25, -0.2) is 8.42 Å². The summed E-state index contributed by atoms with van der Waals surface area (Å²) in [6.45, 7) is 9.25. The van der Waals surface area contributed by atoms with Crippen molar-refractivity contribution in [3.8, 4) is 0 Å². The van der Waals surface area contributed by atoms with Gasteiger partial charge in [0.2, 0.25) is 10.0 Å². The van der Waals surface area contributed by atoms with E-state index in [2.05, 4.69) is 32.4 Å². The second-order valence-electron chi connectivity index (χ2n) is 6.15. The lowest BCUT2D eigenvalue weighted by Gasteiger charge is -2.20. The monoisotopic (exact) mass is 343 g/mol. The predicted molar refractivity (Wildman–Crippen MR) is 94.7 cm³/mol. The molecule has 0 aromatic heterocycles. The quantitative estimate of drug-likeness (QED) is 0.662. The van der Waals surface area contributed by atoms with Gasteiger partial charge in [-0.3, -0.25) is 4.72 Å². The second-order valence-corrected chi connectivity index (χ2v) is 7.99. The fraction of sp³-hybridized carbons (Fsp3) is 0.647. The van der Waals surface area contributed by atoms with Crippen LogP contribution in [0, 0.1) is 0 Å². The third-order valence-electron chi connectivity index (χ3n) is 3.56. The maximum absolute atomic E-state index is 12.4. The molecule has 0 saturated carbocycles. The Bertz CT molecular complexity index is 556. The Morgan fingerprint density at radius 1 is 1.00 bits per heavy atom. The van der Waals surface area contributed by atoms with Gasteiger partial charge < -0.3 is 9.47 Å². The summed E-state index contributed by atoms with van der Waals surface area (Å²) in [5, 5.41) is 0. The van der Waals surface area contributed by atoms with E-state index in [9.17, 15) is 8.42 Å². The zero-order valence-electron chi connectivity index (χ0n) is 14.8. The molecule has 0 spiro atoms. The molecule has 6 heteroatoms. The molecule has 0 aliphatic rings. The summed E-state index contributed by atoms with van der Waals surface area (Å²) in [4.78, 5) is 0. The van der Waals surface area contributed by atoms with Crippen LogP contribution in [0.4, 0.5) is 5.69 Å². The topological polar surface area (TPSA) is 64.6 Å². The lowest BCUT2D eigenvalue weighted by atomic mass is 9.93. The van der Waals surface area contributed by atoms with Gasteiger partial charge in [0.05, 0.1) is 31.3 Å². The van der Waals surface area contributed by atoms with Gasteiger partial charge in [0.15, 0.2) is 0 Å². The zero-order valence-corrected chi connectivity index (χ0v) is 15.6. The van der Waals surface area contributed by atoms with E-state index >= 15 is 0 Å². The van der Waals surface area contributed by atoms with Crippen LogP contribution in [0.5, 0.6) is 0 Å². The van der Waals surface area contributed by atoms with Crippen molar-refractivity contribution in [1.29, 1.82) is 0 Å². The van der Waals surface area contributed by atoms with Gasteiger partial charge in [-0.1, -0.05) is 45.9 Å². The molecule has 0 heterocycles. The Morgan fingerprint density at radius 3 is 2.04 bits per heavy atom. The van der Waals surface area contributed by atoms with Crippen molar-refractivity contribution in [2.24, 2.45) is 0 Å². The van der Waals surface area contributed by atoms with E-state index in [1.807, 2.05) is 18.2 Å². The minimum absolute atomic E-state index is 0.0688. The first-order valence-electron chi connectivity index (χ1n) is 7.98. The highest BCUT2D eigenvalue weighted by molar-refractivity contribution is 7.92. The molecule has 0 amide bonds. The lowest BCUT2D eigenvalue weighted by molar-refractivity contribution is 0.0785. The average molecular weight is 343 g/mol. The summed E-state index contributed by atoms with van der Waals surface area (Å²) < 4.78 is 37.6. The van der Waals surface area contributed by atoms with Crippen LogP contribution in [0.2, 0.25) is 0 Å². The molecule has 132 valence electrons. The summed E-state index contributed by atoms with van der Waals surface area (Å²) in [6.07, 6.45) is 0. The summed E-state index contributed by atoms with van der Waals surface area (Å²) in [7, 11) is -1.87. The van der Waals surface area contributed by atoms with Crippen LogP contribution in [0.1, 0.15) is 50.7 Å². The fourth-order valence-electron chi connectivity index (χ4n) is 2.29. The molecule has 0 fully saturated rings. The number of nitrogens with one attached hydrogen (secondary N) is 1. The minimum Gasteiger partial charge on any atom is -0.382 e. The number of rotatable bonds is 10. The van der Waals surface area contributed by atoms with Crippen LogP contribution in [-0.2, 0) is 19.5 Å². The molecular formula is C17H29NO4S. The van der Waals surface area contributed by atoms with Crippen LogP contribution in [0.3, 0.4) is 0 Å². The standard InChI is InChI=1S/C17H29NO4S/c1-13(2)15-7-6-8-16(14(3)4)17(15)18-23(19,20)12-11-22-10-9-21-5/h6-8,13-14,18H,9-12H2,1-5H3. The van der Waals surface area contributed by atoms with Crippen molar-refractivity contribution in [2.45, 2.75) is 39.5 Å². The van der Waals surface area contributed by atoms with E-state index < -0.39 is 10.0 Å². The van der Waals surface area contributed by atoms with Gasteiger partial charge in [0.25, 0.3) is 0 Å². The Labute approximate surface area is 140 Å². The van der Waals surface area contributed by atoms with Crippen molar-refractivity contribution in [1.82, 2.24) is 0 Å². The fourth-order valence-corrected chi connectivity index (χ4v) is 3.27. The highest BCUT2D eigenvalue weighted by Crippen LogP contribution is 2.33. The van der Waals surface area contributed by atoms with E-state index in [-0.39, 0.29) is 24.2 Å². The first kappa shape index (κ1) is 19.9. The molecule has 0 radical (unpaired) electrons. The number of hydrogen-bond acceptors (Lipinski definition) is 4. The Balaban J connectivity index is 2.89. The number of sulfonamides is 1. The lowest BCUT2D eigenvalue weighted by Crippen LogP contribution is -2.22. The Kier molecular flexibility index (Phi) is 8.02. The van der Waals surface area contributed by atoms with Crippen LogP contribution >= 0.6 is 0 Å². The third kappa shape index (κ3) is 6.49. The van der Waals surface area contributed by atoms with E-state index in [1.54, 1.807) is 7.11 Å². The molecule has 23 heavy (non-hydrogen) atoms. The predicted octanol–water partition coefficient (Wildman–Crippen LogP) is 3.34. The zero-order chi connectivity index (χ0) is 17.5. The smallest absolute Gasteiger partial charge is 0.235 e. The van der Waals surface area contributed by atoms with Crippen LogP contribution < -0.4 is 4.72 Å². The van der Waals surface area contributed by atoms with Crippen LogP contribution in [-0.4, -0.2) is 41.1 Å². The second kappa shape index (κ2) is 9.25. The molecule has 1 rings (SSSR count). The molecular weight excluding hydrogens is 314 g/mol. The average Bonchev–Trinajstić information content (AvgIpc) is 2.46. The maximum atomic E-state index is 12.4. The van der Waals surface area contributed by atoms with E-state index in [0.717, 1.165) is 16.8 Å². The Morgan fingerprint density at radius 2 is 1.57 bits per heavy atom. The largest absolute Gasteiger partial charge is 0.382 e. The highest BCUT2D eigenvalue weighted by atomic mass is 32.2. The molecule has 0 atom stereocenters. The van der Waals surface area contributed by atoms with Gasteiger partial charge in [-0.05, 0) is 23.0 Å². The first-order chi connectivity index (χ1) is 10.8. The third-order valence-corrected chi connectivity index (χ3v) is 4.78. The van der Waals surface area contributed by atoms with Gasteiger partial charge in [0, 0.05) is 7.11 Å². The number of hydrogen-bond donors (Lipinski definition) is 1. The summed E-state index contributed by atoms with van der Waals surface area (Å²) >= 11 is 0. The van der Waals surface area contributed by atoms with Crippen molar-refractivity contribution in [2.75, 3.05) is 37.4 Å². The molecule has 0 aliphatic heterocycles. The molecule has 1 aromatic carbocycles. The number of ether oxygens (including phenoxy) is 2. The van der Waals surface area contributed by atoms with Crippen LogP contribution in [0.15, 0.2) is 18.2 Å². The molecule has 1 aromatic rings. The van der Waals surface area contributed by atoms with Gasteiger partial charge in [0.1, 0.15) is 0 Å². The molecule has 5 nitrogen and oxygen atoms in total. The molecule has 0 bridgehead atoms. The van der Waals surface area contributed by atoms with E-state index in [1.165, 1.54) is 0 Å².